The van der Waals surface area contributed by atoms with Gasteiger partial charge in [-0.25, -0.2) is 4.39 Å². The quantitative estimate of drug-likeness (QED) is 0.903. The number of aliphatic carboxylic acids is 1. The third kappa shape index (κ3) is 4.36. The second-order valence-electron chi connectivity index (χ2n) is 4.34. The second-order valence-corrected chi connectivity index (χ2v) is 4.34. The van der Waals surface area contributed by atoms with Gasteiger partial charge in [-0.2, -0.15) is 0 Å². The second kappa shape index (κ2) is 7.31. The molecule has 1 unspecified atom stereocenters. The molecule has 1 heterocycles. The van der Waals surface area contributed by atoms with Crippen LogP contribution in [0.15, 0.2) is 24.3 Å². The minimum atomic E-state index is -0.779. The Morgan fingerprint density at radius 2 is 2.32 bits per heavy atom. The van der Waals surface area contributed by atoms with Crippen LogP contribution in [0.3, 0.4) is 0 Å². The number of rotatable bonds is 5. The molecule has 0 radical (unpaired) electrons. The van der Waals surface area contributed by atoms with Crippen LogP contribution in [-0.2, 0) is 4.79 Å². The van der Waals surface area contributed by atoms with Crippen LogP contribution in [0.4, 0.5) is 4.39 Å². The van der Waals surface area contributed by atoms with E-state index in [2.05, 4.69) is 0 Å². The summed E-state index contributed by atoms with van der Waals surface area (Å²) in [6, 6.07) is 5.54. The molecule has 1 atom stereocenters. The van der Waals surface area contributed by atoms with E-state index in [1.807, 2.05) is 4.90 Å². The molecule has 1 aliphatic heterocycles. The van der Waals surface area contributed by atoms with Crippen molar-refractivity contribution in [2.75, 3.05) is 19.7 Å². The van der Waals surface area contributed by atoms with Gasteiger partial charge in [0.2, 0.25) is 0 Å². The predicted octanol–water partition coefficient (Wildman–Crippen LogP) is 2.18. The number of ether oxygens (including phenoxy) is 1. The van der Waals surface area contributed by atoms with Crippen molar-refractivity contribution in [2.24, 2.45) is 0 Å². The number of carbonyl (C=O) groups is 1. The van der Waals surface area contributed by atoms with Gasteiger partial charge in [-0.15, -0.1) is 12.4 Å². The highest BCUT2D eigenvalue weighted by Crippen LogP contribution is 2.17. The number of likely N-dealkylation sites (tertiary alicyclic amines) is 1. The lowest BCUT2D eigenvalue weighted by Gasteiger charge is -2.20. The van der Waals surface area contributed by atoms with Crippen LogP contribution in [0.1, 0.15) is 12.8 Å². The normalized spacial score (nSPS) is 18.9. The Balaban J connectivity index is 0.00000180. The number of halogens is 2. The summed E-state index contributed by atoms with van der Waals surface area (Å²) in [4.78, 5) is 12.8. The summed E-state index contributed by atoms with van der Waals surface area (Å²) in [5.74, 6) is -0.642. The van der Waals surface area contributed by atoms with E-state index in [4.69, 9.17) is 9.84 Å². The van der Waals surface area contributed by atoms with Crippen molar-refractivity contribution in [3.8, 4) is 5.75 Å². The fraction of sp³-hybridized carbons (Fsp3) is 0.462. The first-order chi connectivity index (χ1) is 8.66. The molecule has 1 aliphatic rings. The Labute approximate surface area is 117 Å². The fourth-order valence-electron chi connectivity index (χ4n) is 2.21. The summed E-state index contributed by atoms with van der Waals surface area (Å²) in [5, 5.41) is 9.00. The molecule has 1 aromatic rings. The van der Waals surface area contributed by atoms with E-state index in [1.54, 1.807) is 12.1 Å². The molecule has 0 aromatic heterocycles. The standard InChI is InChI=1S/C13H16FNO3.ClH/c14-10-3-1-4-11(9-10)18-8-7-15-6-2-5-12(15)13(16)17;/h1,3-4,9,12H,2,5-8H2,(H,16,17);1H. The molecule has 19 heavy (non-hydrogen) atoms. The van der Waals surface area contributed by atoms with Gasteiger partial charge < -0.3 is 9.84 Å². The fourth-order valence-corrected chi connectivity index (χ4v) is 2.21. The summed E-state index contributed by atoms with van der Waals surface area (Å²) >= 11 is 0. The summed E-state index contributed by atoms with van der Waals surface area (Å²) < 4.78 is 18.3. The number of benzene rings is 1. The molecule has 1 saturated heterocycles. The molecule has 6 heteroatoms. The predicted molar refractivity (Wildman–Crippen MR) is 71.4 cm³/mol. The van der Waals surface area contributed by atoms with Crippen LogP contribution in [0.5, 0.6) is 5.75 Å². The number of hydrogen-bond donors (Lipinski definition) is 1. The first kappa shape index (κ1) is 15.7. The topological polar surface area (TPSA) is 49.8 Å². The largest absolute Gasteiger partial charge is 0.492 e. The van der Waals surface area contributed by atoms with Gasteiger partial charge in [0.25, 0.3) is 0 Å². The molecule has 4 nitrogen and oxygen atoms in total. The van der Waals surface area contributed by atoms with Crippen molar-refractivity contribution in [1.29, 1.82) is 0 Å². The van der Waals surface area contributed by atoms with Crippen molar-refractivity contribution < 1.29 is 19.0 Å². The smallest absolute Gasteiger partial charge is 0.320 e. The molecule has 2 rings (SSSR count). The van der Waals surface area contributed by atoms with Gasteiger partial charge in [0.15, 0.2) is 0 Å². The van der Waals surface area contributed by atoms with Gasteiger partial charge in [-0.05, 0) is 31.5 Å². The average molecular weight is 290 g/mol. The van der Waals surface area contributed by atoms with Crippen LogP contribution in [-0.4, -0.2) is 41.7 Å². The highest BCUT2D eigenvalue weighted by atomic mass is 35.5. The molecule has 106 valence electrons. The van der Waals surface area contributed by atoms with Crippen LogP contribution >= 0.6 is 12.4 Å². The van der Waals surface area contributed by atoms with Gasteiger partial charge in [0, 0.05) is 12.6 Å². The number of nitrogens with zero attached hydrogens (tertiary/aromatic N) is 1. The van der Waals surface area contributed by atoms with E-state index in [0.29, 0.717) is 25.3 Å². The van der Waals surface area contributed by atoms with Crippen LogP contribution in [0.2, 0.25) is 0 Å². The first-order valence-corrected chi connectivity index (χ1v) is 6.02. The van der Waals surface area contributed by atoms with Gasteiger partial charge in [0.05, 0.1) is 0 Å². The van der Waals surface area contributed by atoms with E-state index in [-0.39, 0.29) is 18.2 Å². The summed E-state index contributed by atoms with van der Waals surface area (Å²) in [6.45, 7) is 1.70. The molecule has 1 N–H and O–H groups in total. The third-order valence-corrected chi connectivity index (χ3v) is 3.09. The molecule has 0 aliphatic carbocycles. The molecular weight excluding hydrogens is 273 g/mol. The van der Waals surface area contributed by atoms with E-state index < -0.39 is 12.0 Å². The Morgan fingerprint density at radius 1 is 1.53 bits per heavy atom. The van der Waals surface area contributed by atoms with Crippen LogP contribution in [0, 0.1) is 5.82 Å². The lowest BCUT2D eigenvalue weighted by molar-refractivity contribution is -0.142. The number of carboxylic acids is 1. The lowest BCUT2D eigenvalue weighted by atomic mass is 10.2. The zero-order chi connectivity index (χ0) is 13.0. The van der Waals surface area contributed by atoms with Crippen molar-refractivity contribution in [1.82, 2.24) is 4.90 Å². The minimum Gasteiger partial charge on any atom is -0.492 e. The number of carboxylic acid groups (broad SMARTS) is 1. The van der Waals surface area contributed by atoms with Gasteiger partial charge >= 0.3 is 5.97 Å². The monoisotopic (exact) mass is 289 g/mol. The molecule has 1 fully saturated rings. The van der Waals surface area contributed by atoms with E-state index in [9.17, 15) is 9.18 Å². The van der Waals surface area contributed by atoms with Crippen molar-refractivity contribution >= 4 is 18.4 Å². The lowest BCUT2D eigenvalue weighted by Crippen LogP contribution is -2.38. The third-order valence-electron chi connectivity index (χ3n) is 3.09. The molecule has 0 bridgehead atoms. The van der Waals surface area contributed by atoms with Gasteiger partial charge in [0.1, 0.15) is 24.2 Å². The van der Waals surface area contributed by atoms with Crippen LogP contribution < -0.4 is 4.74 Å². The van der Waals surface area contributed by atoms with Gasteiger partial charge in [-0.1, -0.05) is 6.07 Å². The number of hydrogen-bond acceptors (Lipinski definition) is 3. The van der Waals surface area contributed by atoms with Crippen molar-refractivity contribution in [3.63, 3.8) is 0 Å². The Bertz CT molecular complexity index is 430. The zero-order valence-electron chi connectivity index (χ0n) is 10.4. The van der Waals surface area contributed by atoms with Gasteiger partial charge in [-0.3, -0.25) is 9.69 Å². The Morgan fingerprint density at radius 3 is 3.00 bits per heavy atom. The first-order valence-electron chi connectivity index (χ1n) is 6.02. The van der Waals surface area contributed by atoms with E-state index in [0.717, 1.165) is 13.0 Å². The summed E-state index contributed by atoms with van der Waals surface area (Å²) in [5.41, 5.74) is 0. The Kier molecular flexibility index (Phi) is 6.05. The Hall–Kier alpha value is -1.33. The summed E-state index contributed by atoms with van der Waals surface area (Å²) in [6.07, 6.45) is 1.59. The van der Waals surface area contributed by atoms with Crippen molar-refractivity contribution in [3.05, 3.63) is 30.1 Å². The molecule has 0 saturated carbocycles. The molecule has 0 amide bonds. The maximum atomic E-state index is 12.9. The molecule has 0 spiro atoms. The van der Waals surface area contributed by atoms with Crippen molar-refractivity contribution in [2.45, 2.75) is 18.9 Å². The summed E-state index contributed by atoms with van der Waals surface area (Å²) in [7, 11) is 0. The minimum absolute atomic E-state index is 0. The SMILES string of the molecule is Cl.O=C(O)C1CCCN1CCOc1cccc(F)c1. The van der Waals surface area contributed by atoms with E-state index >= 15 is 0 Å². The van der Waals surface area contributed by atoms with E-state index in [1.165, 1.54) is 12.1 Å². The zero-order valence-corrected chi connectivity index (χ0v) is 11.2. The average Bonchev–Trinajstić information content (AvgIpc) is 2.77. The molecular formula is C13H17ClFNO3. The van der Waals surface area contributed by atoms with Crippen LogP contribution in [0.25, 0.3) is 0 Å². The maximum Gasteiger partial charge on any atom is 0.320 e. The maximum absolute atomic E-state index is 12.9. The highest BCUT2D eigenvalue weighted by molar-refractivity contribution is 5.85. The highest BCUT2D eigenvalue weighted by Gasteiger charge is 2.29. The molecule has 1 aromatic carbocycles.